The highest BCUT2D eigenvalue weighted by Crippen LogP contribution is 2.31. The third kappa shape index (κ3) is 4.47. The minimum absolute atomic E-state index is 0.401. The third-order valence-electron chi connectivity index (χ3n) is 3.15. The lowest BCUT2D eigenvalue weighted by Gasteiger charge is -2.11. The number of nitrogens with zero attached hydrogens (tertiary/aromatic N) is 3. The first-order chi connectivity index (χ1) is 10.5. The molecule has 22 heavy (non-hydrogen) atoms. The number of hydrogen-bond acceptors (Lipinski definition) is 5. The highest BCUT2D eigenvalue weighted by atomic mass is 35.5. The van der Waals surface area contributed by atoms with Gasteiger partial charge in [-0.05, 0) is 45.6 Å². The van der Waals surface area contributed by atoms with E-state index in [9.17, 15) is 0 Å². The van der Waals surface area contributed by atoms with Gasteiger partial charge in [0.15, 0.2) is 0 Å². The van der Waals surface area contributed by atoms with Gasteiger partial charge in [0.25, 0.3) is 0 Å². The second-order valence-electron chi connectivity index (χ2n) is 5.24. The van der Waals surface area contributed by atoms with Gasteiger partial charge in [-0.25, -0.2) is 4.98 Å². The fraction of sp³-hybridized carbons (Fsp3) is 0.333. The molecule has 0 spiro atoms. The highest BCUT2D eigenvalue weighted by molar-refractivity contribution is 6.43. The standard InChI is InChI=1S/C15H19Cl2N5/c1-22(2)8-4-5-10-9-19-15(21-14(10)18)20-12-7-3-6-11(16)13(12)17/h3,6-7,9H,4-5,8H2,1-2H3,(H3,18,19,20,21). The van der Waals surface area contributed by atoms with Gasteiger partial charge in [-0.3, -0.25) is 0 Å². The van der Waals surface area contributed by atoms with Gasteiger partial charge in [-0.1, -0.05) is 29.3 Å². The van der Waals surface area contributed by atoms with E-state index in [2.05, 4.69) is 20.2 Å². The largest absolute Gasteiger partial charge is 0.383 e. The van der Waals surface area contributed by atoms with E-state index in [1.54, 1.807) is 24.4 Å². The fourth-order valence-corrected chi connectivity index (χ4v) is 2.33. The van der Waals surface area contributed by atoms with Crippen LogP contribution in [0.4, 0.5) is 17.5 Å². The Balaban J connectivity index is 2.07. The Kier molecular flexibility index (Phi) is 5.83. The van der Waals surface area contributed by atoms with Gasteiger partial charge in [0.05, 0.1) is 15.7 Å². The van der Waals surface area contributed by atoms with Crippen molar-refractivity contribution in [2.24, 2.45) is 0 Å². The molecule has 0 radical (unpaired) electrons. The zero-order chi connectivity index (χ0) is 16.1. The second-order valence-corrected chi connectivity index (χ2v) is 6.02. The van der Waals surface area contributed by atoms with Gasteiger partial charge in [0.2, 0.25) is 5.95 Å². The average Bonchev–Trinajstić information content (AvgIpc) is 2.46. The summed E-state index contributed by atoms with van der Waals surface area (Å²) in [7, 11) is 4.09. The molecule has 1 aromatic heterocycles. The highest BCUT2D eigenvalue weighted by Gasteiger charge is 2.08. The van der Waals surface area contributed by atoms with E-state index in [4.69, 9.17) is 28.9 Å². The SMILES string of the molecule is CN(C)CCCc1cnc(Nc2cccc(Cl)c2Cl)nc1N. The van der Waals surface area contributed by atoms with Crippen LogP contribution in [0.25, 0.3) is 0 Å². The monoisotopic (exact) mass is 339 g/mol. The maximum atomic E-state index is 6.13. The van der Waals surface area contributed by atoms with Crippen LogP contribution in [0.5, 0.6) is 0 Å². The van der Waals surface area contributed by atoms with Crippen molar-refractivity contribution in [1.82, 2.24) is 14.9 Å². The Morgan fingerprint density at radius 3 is 2.73 bits per heavy atom. The van der Waals surface area contributed by atoms with Crippen molar-refractivity contribution in [1.29, 1.82) is 0 Å². The summed E-state index contributed by atoms with van der Waals surface area (Å²) in [4.78, 5) is 10.7. The van der Waals surface area contributed by atoms with E-state index >= 15 is 0 Å². The number of aryl methyl sites for hydroxylation is 1. The molecule has 2 rings (SSSR count). The Labute approximate surface area is 140 Å². The van der Waals surface area contributed by atoms with Crippen LogP contribution in [-0.4, -0.2) is 35.5 Å². The van der Waals surface area contributed by atoms with Crippen molar-refractivity contribution < 1.29 is 0 Å². The van der Waals surface area contributed by atoms with Crippen LogP contribution in [0.15, 0.2) is 24.4 Å². The molecule has 118 valence electrons. The van der Waals surface area contributed by atoms with Gasteiger partial charge in [0.1, 0.15) is 5.82 Å². The molecule has 2 aromatic rings. The number of nitrogens with two attached hydrogens (primary N) is 1. The molecule has 0 amide bonds. The molecule has 0 aliphatic carbocycles. The third-order valence-corrected chi connectivity index (χ3v) is 3.97. The average molecular weight is 340 g/mol. The van der Waals surface area contributed by atoms with Crippen molar-refractivity contribution in [2.75, 3.05) is 31.7 Å². The predicted molar refractivity (Wildman–Crippen MR) is 93.1 cm³/mol. The molecule has 5 nitrogen and oxygen atoms in total. The summed E-state index contributed by atoms with van der Waals surface area (Å²) in [6, 6.07) is 5.33. The summed E-state index contributed by atoms with van der Waals surface area (Å²) < 4.78 is 0. The van der Waals surface area contributed by atoms with Crippen LogP contribution in [0.1, 0.15) is 12.0 Å². The summed E-state index contributed by atoms with van der Waals surface area (Å²) in [5.74, 6) is 0.882. The van der Waals surface area contributed by atoms with Crippen LogP contribution >= 0.6 is 23.2 Å². The molecule has 0 aliphatic heterocycles. The van der Waals surface area contributed by atoms with Crippen molar-refractivity contribution in [3.05, 3.63) is 40.0 Å². The van der Waals surface area contributed by atoms with Crippen molar-refractivity contribution in [3.63, 3.8) is 0 Å². The lowest BCUT2D eigenvalue weighted by molar-refractivity contribution is 0.400. The smallest absolute Gasteiger partial charge is 0.229 e. The van der Waals surface area contributed by atoms with Crippen LogP contribution in [0.2, 0.25) is 10.0 Å². The minimum atomic E-state index is 0.401. The Hall–Kier alpha value is -1.56. The molecule has 7 heteroatoms. The van der Waals surface area contributed by atoms with E-state index in [-0.39, 0.29) is 0 Å². The van der Waals surface area contributed by atoms with Gasteiger partial charge < -0.3 is 16.0 Å². The van der Waals surface area contributed by atoms with E-state index < -0.39 is 0 Å². The Bertz CT molecular complexity index is 646. The zero-order valence-corrected chi connectivity index (χ0v) is 14.1. The number of halogens is 2. The summed E-state index contributed by atoms with van der Waals surface area (Å²) in [6.45, 7) is 0.998. The lowest BCUT2D eigenvalue weighted by atomic mass is 10.1. The summed E-state index contributed by atoms with van der Waals surface area (Å²) in [6.07, 6.45) is 3.61. The van der Waals surface area contributed by atoms with Gasteiger partial charge in [-0.2, -0.15) is 4.98 Å². The molecule has 0 aliphatic rings. The Morgan fingerprint density at radius 1 is 1.27 bits per heavy atom. The first-order valence-electron chi connectivity index (χ1n) is 6.94. The maximum absolute atomic E-state index is 6.13. The van der Waals surface area contributed by atoms with Gasteiger partial charge >= 0.3 is 0 Å². The first-order valence-corrected chi connectivity index (χ1v) is 7.70. The number of nitrogens with one attached hydrogen (secondary N) is 1. The summed E-state index contributed by atoms with van der Waals surface area (Å²) in [5, 5.41) is 3.93. The number of nitrogen functional groups attached to an aromatic ring is 1. The number of rotatable bonds is 6. The molecule has 0 fully saturated rings. The molecule has 0 atom stereocenters. The molecule has 0 unspecified atom stereocenters. The topological polar surface area (TPSA) is 67.1 Å². The fourth-order valence-electron chi connectivity index (χ4n) is 1.98. The van der Waals surface area contributed by atoms with Crippen molar-refractivity contribution in [3.8, 4) is 0 Å². The molecule has 1 heterocycles. The van der Waals surface area contributed by atoms with Crippen molar-refractivity contribution >= 4 is 40.7 Å². The van der Waals surface area contributed by atoms with E-state index in [1.165, 1.54) is 0 Å². The molecule has 0 saturated heterocycles. The minimum Gasteiger partial charge on any atom is -0.383 e. The molecule has 3 N–H and O–H groups in total. The van der Waals surface area contributed by atoms with E-state index in [0.29, 0.717) is 27.5 Å². The maximum Gasteiger partial charge on any atom is 0.229 e. The predicted octanol–water partition coefficient (Wildman–Crippen LogP) is 3.60. The van der Waals surface area contributed by atoms with E-state index in [1.807, 2.05) is 14.1 Å². The first kappa shape index (κ1) is 16.8. The summed E-state index contributed by atoms with van der Waals surface area (Å²) >= 11 is 12.1. The van der Waals surface area contributed by atoms with E-state index in [0.717, 1.165) is 24.9 Å². The normalized spacial score (nSPS) is 11.0. The zero-order valence-electron chi connectivity index (χ0n) is 12.6. The number of anilines is 3. The van der Waals surface area contributed by atoms with Gasteiger partial charge in [-0.15, -0.1) is 0 Å². The quantitative estimate of drug-likeness (QED) is 0.841. The molecular formula is C15H19Cl2N5. The summed E-state index contributed by atoms with van der Waals surface area (Å²) in [5.41, 5.74) is 7.59. The van der Waals surface area contributed by atoms with Crippen LogP contribution in [0.3, 0.4) is 0 Å². The lowest BCUT2D eigenvalue weighted by Crippen LogP contribution is -2.14. The number of aromatic nitrogens is 2. The van der Waals surface area contributed by atoms with Crippen LogP contribution < -0.4 is 11.1 Å². The van der Waals surface area contributed by atoms with Gasteiger partial charge in [0, 0.05) is 11.8 Å². The number of benzene rings is 1. The second kappa shape index (κ2) is 7.63. The van der Waals surface area contributed by atoms with Crippen molar-refractivity contribution in [2.45, 2.75) is 12.8 Å². The molecule has 1 aromatic carbocycles. The molecule has 0 saturated carbocycles. The van der Waals surface area contributed by atoms with Crippen LogP contribution in [-0.2, 0) is 6.42 Å². The molecular weight excluding hydrogens is 321 g/mol. The molecule has 0 bridgehead atoms. The van der Waals surface area contributed by atoms with Crippen LogP contribution in [0, 0.1) is 0 Å². The Morgan fingerprint density at radius 2 is 2.05 bits per heavy atom. The number of hydrogen-bond donors (Lipinski definition) is 2.